The van der Waals surface area contributed by atoms with E-state index in [1.165, 1.54) is 18.9 Å². The molecule has 2 aromatic heterocycles. The van der Waals surface area contributed by atoms with Gasteiger partial charge in [-0.25, -0.2) is 0 Å². The largest absolute Gasteiger partial charge is 0.468 e. The molecule has 0 aliphatic rings. The Hall–Kier alpha value is -2.54. The van der Waals surface area contributed by atoms with E-state index >= 15 is 0 Å². The van der Waals surface area contributed by atoms with E-state index in [-0.39, 0.29) is 5.97 Å². The molecule has 0 radical (unpaired) electrons. The van der Waals surface area contributed by atoms with Crippen molar-refractivity contribution in [3.8, 4) is 17.3 Å². The lowest BCUT2D eigenvalue weighted by Crippen LogP contribution is -2.15. The lowest BCUT2D eigenvalue weighted by molar-refractivity contribution is -0.139. The summed E-state index contributed by atoms with van der Waals surface area (Å²) in [5, 5.41) is 8.68. The fourth-order valence-corrected chi connectivity index (χ4v) is 3.10. The lowest BCUT2D eigenvalue weighted by Gasteiger charge is -2.12. The number of carbonyl (C=O) groups excluding carboxylic acids is 1. The van der Waals surface area contributed by atoms with Crippen molar-refractivity contribution < 1.29 is 13.9 Å². The van der Waals surface area contributed by atoms with Crippen LogP contribution in [0.5, 0.6) is 0 Å². The molecular weight excluding hydrogens is 326 g/mol. The number of ether oxygens (including phenoxy) is 1. The molecule has 2 heterocycles. The molecule has 6 nitrogen and oxygen atoms in total. The number of thioether (sulfide) groups is 1. The first-order valence-corrected chi connectivity index (χ1v) is 8.29. The standard InChI is InChI=1S/C17H17N3O3S/c1-11-6-8-13(9-7-11)20-15(14-5-4-10-23-14)18-19-17(20)24-12(2)16(21)22-3/h4-10,12H,1-3H3. The number of aromatic nitrogens is 3. The molecule has 0 saturated heterocycles. The second-order valence-electron chi connectivity index (χ2n) is 5.24. The van der Waals surface area contributed by atoms with Crippen LogP contribution in [0.4, 0.5) is 0 Å². The van der Waals surface area contributed by atoms with Crippen LogP contribution in [0.25, 0.3) is 17.3 Å². The monoisotopic (exact) mass is 343 g/mol. The van der Waals surface area contributed by atoms with Gasteiger partial charge < -0.3 is 9.15 Å². The molecule has 1 unspecified atom stereocenters. The predicted molar refractivity (Wildman–Crippen MR) is 91.1 cm³/mol. The maximum Gasteiger partial charge on any atom is 0.318 e. The summed E-state index contributed by atoms with van der Waals surface area (Å²) in [6.07, 6.45) is 1.59. The summed E-state index contributed by atoms with van der Waals surface area (Å²) in [6, 6.07) is 11.6. The maximum absolute atomic E-state index is 11.7. The number of esters is 1. The third kappa shape index (κ3) is 3.21. The average molecular weight is 343 g/mol. The molecule has 0 spiro atoms. The molecule has 0 bridgehead atoms. The fraction of sp³-hybridized carbons (Fsp3) is 0.235. The van der Waals surface area contributed by atoms with Crippen molar-refractivity contribution in [2.75, 3.05) is 7.11 Å². The van der Waals surface area contributed by atoms with Gasteiger partial charge in [0.15, 0.2) is 10.9 Å². The second-order valence-corrected chi connectivity index (χ2v) is 6.55. The Morgan fingerprint density at radius 2 is 2.00 bits per heavy atom. The van der Waals surface area contributed by atoms with Gasteiger partial charge in [0, 0.05) is 5.69 Å². The minimum atomic E-state index is -0.396. The Labute approximate surface area is 143 Å². The van der Waals surface area contributed by atoms with Gasteiger partial charge in [0.25, 0.3) is 0 Å². The molecular formula is C17H17N3O3S. The Kier molecular flexibility index (Phi) is 4.71. The van der Waals surface area contributed by atoms with Gasteiger partial charge >= 0.3 is 5.97 Å². The van der Waals surface area contributed by atoms with Crippen molar-refractivity contribution in [1.29, 1.82) is 0 Å². The highest BCUT2D eigenvalue weighted by atomic mass is 32.2. The van der Waals surface area contributed by atoms with Crippen LogP contribution < -0.4 is 0 Å². The maximum atomic E-state index is 11.7. The van der Waals surface area contributed by atoms with Crippen molar-refractivity contribution in [3.63, 3.8) is 0 Å². The molecule has 0 amide bonds. The molecule has 0 fully saturated rings. The van der Waals surface area contributed by atoms with Gasteiger partial charge in [-0.15, -0.1) is 10.2 Å². The minimum Gasteiger partial charge on any atom is -0.468 e. The first-order valence-electron chi connectivity index (χ1n) is 7.41. The summed E-state index contributed by atoms with van der Waals surface area (Å²) < 4.78 is 12.1. The van der Waals surface area contributed by atoms with E-state index in [0.717, 1.165) is 11.3 Å². The zero-order valence-corrected chi connectivity index (χ0v) is 14.4. The molecule has 0 saturated carbocycles. The third-order valence-electron chi connectivity index (χ3n) is 3.48. The van der Waals surface area contributed by atoms with Gasteiger partial charge in [-0.1, -0.05) is 29.5 Å². The van der Waals surface area contributed by atoms with Gasteiger partial charge in [0.2, 0.25) is 5.82 Å². The molecule has 3 aromatic rings. The van der Waals surface area contributed by atoms with Gasteiger partial charge in [0.05, 0.1) is 13.4 Å². The molecule has 7 heteroatoms. The van der Waals surface area contributed by atoms with Crippen molar-refractivity contribution in [1.82, 2.24) is 14.8 Å². The third-order valence-corrected chi connectivity index (χ3v) is 4.50. The number of hydrogen-bond acceptors (Lipinski definition) is 6. The van der Waals surface area contributed by atoms with Gasteiger partial charge in [0.1, 0.15) is 5.25 Å². The van der Waals surface area contributed by atoms with E-state index in [0.29, 0.717) is 16.7 Å². The van der Waals surface area contributed by atoms with E-state index in [1.807, 2.05) is 41.8 Å². The first-order chi connectivity index (χ1) is 11.6. The summed E-state index contributed by atoms with van der Waals surface area (Å²) in [5.41, 5.74) is 2.06. The highest BCUT2D eigenvalue weighted by Crippen LogP contribution is 2.30. The molecule has 3 rings (SSSR count). The SMILES string of the molecule is COC(=O)C(C)Sc1nnc(-c2ccco2)n1-c1ccc(C)cc1. The van der Waals surface area contributed by atoms with E-state index in [2.05, 4.69) is 10.2 Å². The predicted octanol–water partition coefficient (Wildman–Crippen LogP) is 3.49. The number of nitrogens with zero attached hydrogens (tertiary/aromatic N) is 3. The van der Waals surface area contributed by atoms with E-state index in [1.54, 1.807) is 19.3 Å². The van der Waals surface area contributed by atoms with Crippen molar-refractivity contribution in [2.45, 2.75) is 24.3 Å². The molecule has 0 aliphatic heterocycles. The highest BCUT2D eigenvalue weighted by molar-refractivity contribution is 8.00. The number of carbonyl (C=O) groups is 1. The van der Waals surface area contributed by atoms with Crippen LogP contribution in [0.15, 0.2) is 52.2 Å². The van der Waals surface area contributed by atoms with Crippen LogP contribution in [0.2, 0.25) is 0 Å². The minimum absolute atomic E-state index is 0.307. The number of hydrogen-bond donors (Lipinski definition) is 0. The van der Waals surface area contributed by atoms with Crippen LogP contribution in [0, 0.1) is 6.92 Å². The van der Waals surface area contributed by atoms with E-state index in [9.17, 15) is 4.79 Å². The quantitative estimate of drug-likeness (QED) is 0.522. The van der Waals surface area contributed by atoms with Crippen molar-refractivity contribution in [2.24, 2.45) is 0 Å². The Morgan fingerprint density at radius 1 is 1.25 bits per heavy atom. The normalized spacial score (nSPS) is 12.1. The van der Waals surface area contributed by atoms with Crippen molar-refractivity contribution in [3.05, 3.63) is 48.2 Å². The van der Waals surface area contributed by atoms with Gasteiger partial charge in [-0.3, -0.25) is 9.36 Å². The lowest BCUT2D eigenvalue weighted by atomic mass is 10.2. The highest BCUT2D eigenvalue weighted by Gasteiger charge is 2.23. The number of furan rings is 1. The zero-order valence-electron chi connectivity index (χ0n) is 13.6. The van der Waals surface area contributed by atoms with Gasteiger partial charge in [-0.05, 0) is 38.1 Å². The van der Waals surface area contributed by atoms with Crippen LogP contribution >= 0.6 is 11.8 Å². The molecule has 1 aromatic carbocycles. The summed E-state index contributed by atoms with van der Waals surface area (Å²) in [6.45, 7) is 3.80. The zero-order chi connectivity index (χ0) is 17.1. The number of benzene rings is 1. The Balaban J connectivity index is 2.06. The smallest absolute Gasteiger partial charge is 0.318 e. The van der Waals surface area contributed by atoms with Gasteiger partial charge in [-0.2, -0.15) is 0 Å². The van der Waals surface area contributed by atoms with Crippen LogP contribution in [0.3, 0.4) is 0 Å². The second kappa shape index (κ2) is 6.92. The van der Waals surface area contributed by atoms with E-state index < -0.39 is 5.25 Å². The first kappa shape index (κ1) is 16.3. The topological polar surface area (TPSA) is 70.2 Å². The van der Waals surface area contributed by atoms with E-state index in [4.69, 9.17) is 9.15 Å². The number of methoxy groups -OCH3 is 1. The molecule has 0 N–H and O–H groups in total. The average Bonchev–Trinajstić information content (AvgIpc) is 3.24. The Morgan fingerprint density at radius 3 is 2.62 bits per heavy atom. The van der Waals surface area contributed by atoms with Crippen LogP contribution in [0.1, 0.15) is 12.5 Å². The number of rotatable bonds is 5. The molecule has 0 aliphatic carbocycles. The Bertz CT molecular complexity index is 825. The number of aryl methyl sites for hydroxylation is 1. The van der Waals surface area contributed by atoms with Crippen LogP contribution in [-0.2, 0) is 9.53 Å². The summed E-state index contributed by atoms with van der Waals surface area (Å²) >= 11 is 1.29. The molecule has 124 valence electrons. The fourth-order valence-electron chi connectivity index (χ4n) is 2.21. The van der Waals surface area contributed by atoms with Crippen LogP contribution in [-0.4, -0.2) is 33.1 Å². The summed E-state index contributed by atoms with van der Waals surface area (Å²) in [7, 11) is 1.37. The van der Waals surface area contributed by atoms with Crippen molar-refractivity contribution >= 4 is 17.7 Å². The summed E-state index contributed by atoms with van der Waals surface area (Å²) in [5.74, 6) is 0.891. The molecule has 1 atom stereocenters. The summed E-state index contributed by atoms with van der Waals surface area (Å²) in [4.78, 5) is 11.7. The molecule has 24 heavy (non-hydrogen) atoms.